The van der Waals surface area contributed by atoms with E-state index in [1.165, 1.54) is 18.2 Å². The number of aromatic nitrogens is 2. The molecule has 0 unspecified atom stereocenters. The molecule has 104 valence electrons. The molecule has 21 heavy (non-hydrogen) atoms. The number of para-hydroxylation sites is 1. The first-order chi connectivity index (χ1) is 10.1. The van der Waals surface area contributed by atoms with E-state index >= 15 is 0 Å². The number of hydrogen-bond acceptors (Lipinski definition) is 3. The zero-order valence-corrected chi connectivity index (χ0v) is 11.3. The van der Waals surface area contributed by atoms with E-state index in [9.17, 15) is 14.0 Å². The van der Waals surface area contributed by atoms with Gasteiger partial charge in [0.25, 0.3) is 10.8 Å². The number of hydrogen-bond donors (Lipinski definition) is 0. The van der Waals surface area contributed by atoms with Crippen LogP contribution in [0, 0.1) is 5.82 Å². The Bertz CT molecular complexity index is 921. The molecule has 3 rings (SSSR count). The molecule has 0 saturated carbocycles. The molecule has 1 heterocycles. The van der Waals surface area contributed by atoms with Gasteiger partial charge in [-0.2, -0.15) is 9.78 Å². The molecular formula is C15H8ClFN2O2. The Hall–Kier alpha value is -2.53. The van der Waals surface area contributed by atoms with Gasteiger partial charge in [-0.25, -0.2) is 4.39 Å². The van der Waals surface area contributed by atoms with Gasteiger partial charge in [0.05, 0.1) is 5.39 Å². The van der Waals surface area contributed by atoms with Gasteiger partial charge in [-0.3, -0.25) is 9.59 Å². The van der Waals surface area contributed by atoms with E-state index < -0.39 is 16.6 Å². The molecule has 6 heteroatoms. The van der Waals surface area contributed by atoms with Crippen LogP contribution >= 0.6 is 11.6 Å². The lowest BCUT2D eigenvalue weighted by atomic mass is 10.1. The second-order valence-corrected chi connectivity index (χ2v) is 4.68. The summed E-state index contributed by atoms with van der Waals surface area (Å²) in [5.41, 5.74) is -0.639. The zero-order valence-electron chi connectivity index (χ0n) is 10.6. The summed E-state index contributed by atoms with van der Waals surface area (Å²) in [5, 5.41) is 3.70. The maximum absolute atomic E-state index is 13.9. The van der Waals surface area contributed by atoms with Crippen molar-refractivity contribution in [3.8, 4) is 5.69 Å². The quantitative estimate of drug-likeness (QED) is 0.684. The van der Waals surface area contributed by atoms with Crippen LogP contribution in [0.1, 0.15) is 10.5 Å². The molecule has 0 saturated heterocycles. The average Bonchev–Trinajstić information content (AvgIpc) is 2.48. The molecule has 0 aliphatic carbocycles. The monoisotopic (exact) mass is 302 g/mol. The van der Waals surface area contributed by atoms with E-state index in [4.69, 9.17) is 11.6 Å². The smallest absolute Gasteiger partial charge is 0.274 e. The lowest BCUT2D eigenvalue weighted by molar-refractivity contribution is 0.107. The molecule has 0 aliphatic rings. The Morgan fingerprint density at radius 2 is 1.67 bits per heavy atom. The van der Waals surface area contributed by atoms with Crippen LogP contribution < -0.4 is 5.56 Å². The highest BCUT2D eigenvalue weighted by Crippen LogP contribution is 2.17. The second kappa shape index (κ2) is 5.10. The number of nitrogens with zero attached hydrogens (tertiary/aromatic N) is 2. The van der Waals surface area contributed by atoms with Crippen LogP contribution in [-0.4, -0.2) is 15.0 Å². The minimum absolute atomic E-state index is 0.0348. The summed E-state index contributed by atoms with van der Waals surface area (Å²) in [6.45, 7) is 0. The van der Waals surface area contributed by atoms with Crippen molar-refractivity contribution in [3.63, 3.8) is 0 Å². The lowest BCUT2D eigenvalue weighted by Crippen LogP contribution is -2.24. The Kier molecular flexibility index (Phi) is 3.27. The van der Waals surface area contributed by atoms with Crippen molar-refractivity contribution in [2.24, 2.45) is 0 Å². The summed E-state index contributed by atoms with van der Waals surface area (Å²) in [6.07, 6.45) is 0. The minimum Gasteiger partial charge on any atom is -0.274 e. The normalized spacial score (nSPS) is 10.8. The van der Waals surface area contributed by atoms with Crippen LogP contribution in [0.4, 0.5) is 4.39 Å². The Labute approximate surface area is 123 Å². The van der Waals surface area contributed by atoms with Crippen LogP contribution in [-0.2, 0) is 0 Å². The fourth-order valence-electron chi connectivity index (χ4n) is 2.12. The van der Waals surface area contributed by atoms with Gasteiger partial charge in [-0.15, -0.1) is 0 Å². The van der Waals surface area contributed by atoms with E-state index in [2.05, 4.69) is 5.10 Å². The summed E-state index contributed by atoms with van der Waals surface area (Å²) >= 11 is 5.52. The highest BCUT2D eigenvalue weighted by molar-refractivity contribution is 6.68. The fraction of sp³-hybridized carbons (Fsp3) is 0. The molecule has 0 atom stereocenters. The van der Waals surface area contributed by atoms with E-state index in [1.807, 2.05) is 0 Å². The maximum Gasteiger partial charge on any atom is 0.279 e. The van der Waals surface area contributed by atoms with Crippen LogP contribution in [0.15, 0.2) is 53.3 Å². The van der Waals surface area contributed by atoms with Crippen LogP contribution in [0.2, 0.25) is 0 Å². The highest BCUT2D eigenvalue weighted by atomic mass is 35.5. The first kappa shape index (κ1) is 13.5. The van der Waals surface area contributed by atoms with Crippen molar-refractivity contribution in [2.75, 3.05) is 0 Å². The molecule has 0 bridgehead atoms. The molecule has 0 fully saturated rings. The summed E-state index contributed by atoms with van der Waals surface area (Å²) in [7, 11) is 0. The standard InChI is InChI=1S/C15H8ClFN2O2/c16-14(20)13-9-5-1-2-6-10(9)15(21)19(18-13)12-8-4-3-7-11(12)17/h1-8H. The molecule has 0 aliphatic heterocycles. The first-order valence-corrected chi connectivity index (χ1v) is 6.44. The van der Waals surface area contributed by atoms with E-state index in [0.29, 0.717) is 5.39 Å². The van der Waals surface area contributed by atoms with Crippen LogP contribution in [0.25, 0.3) is 16.5 Å². The number of rotatable bonds is 2. The van der Waals surface area contributed by atoms with E-state index in [-0.39, 0.29) is 16.8 Å². The van der Waals surface area contributed by atoms with Gasteiger partial charge in [-0.1, -0.05) is 30.3 Å². The number of fused-ring (bicyclic) bond motifs is 1. The van der Waals surface area contributed by atoms with E-state index in [1.54, 1.807) is 30.3 Å². The first-order valence-electron chi connectivity index (χ1n) is 6.06. The predicted molar refractivity (Wildman–Crippen MR) is 77.5 cm³/mol. The van der Waals surface area contributed by atoms with Crippen molar-refractivity contribution in [1.29, 1.82) is 0 Å². The Morgan fingerprint density at radius 1 is 1.05 bits per heavy atom. The average molecular weight is 303 g/mol. The second-order valence-electron chi connectivity index (χ2n) is 4.34. The fourth-order valence-corrected chi connectivity index (χ4v) is 2.26. The van der Waals surface area contributed by atoms with Gasteiger partial charge in [0.15, 0.2) is 5.69 Å². The zero-order chi connectivity index (χ0) is 15.0. The molecule has 4 nitrogen and oxygen atoms in total. The summed E-state index contributed by atoms with van der Waals surface area (Å²) in [6, 6.07) is 12.1. The highest BCUT2D eigenvalue weighted by Gasteiger charge is 2.17. The Morgan fingerprint density at radius 3 is 2.33 bits per heavy atom. The number of halogens is 2. The van der Waals surface area contributed by atoms with Crippen molar-refractivity contribution >= 4 is 27.6 Å². The third-order valence-electron chi connectivity index (χ3n) is 3.07. The van der Waals surface area contributed by atoms with Crippen molar-refractivity contribution in [3.05, 3.63) is 70.4 Å². The third-order valence-corrected chi connectivity index (χ3v) is 3.25. The van der Waals surface area contributed by atoms with Gasteiger partial charge in [-0.05, 0) is 29.8 Å². The molecule has 0 spiro atoms. The summed E-state index contributed by atoms with van der Waals surface area (Å²) in [5.74, 6) is -0.615. The molecule has 1 aromatic heterocycles. The SMILES string of the molecule is O=C(Cl)c1nn(-c2ccccc2F)c(=O)c2ccccc12. The summed E-state index contributed by atoms with van der Waals surface area (Å²) < 4.78 is 14.7. The van der Waals surface area contributed by atoms with Gasteiger partial charge in [0, 0.05) is 5.39 Å². The number of benzene rings is 2. The molecule has 0 N–H and O–H groups in total. The van der Waals surface area contributed by atoms with Gasteiger partial charge < -0.3 is 0 Å². The van der Waals surface area contributed by atoms with Gasteiger partial charge in [0.2, 0.25) is 0 Å². The third kappa shape index (κ3) is 2.21. The molecular weight excluding hydrogens is 295 g/mol. The summed E-state index contributed by atoms with van der Waals surface area (Å²) in [4.78, 5) is 24.0. The molecule has 0 radical (unpaired) electrons. The topological polar surface area (TPSA) is 52.0 Å². The van der Waals surface area contributed by atoms with Crippen LogP contribution in [0.5, 0.6) is 0 Å². The van der Waals surface area contributed by atoms with Crippen LogP contribution in [0.3, 0.4) is 0 Å². The molecule has 0 amide bonds. The largest absolute Gasteiger partial charge is 0.279 e. The van der Waals surface area contributed by atoms with Crippen molar-refractivity contribution < 1.29 is 9.18 Å². The molecule has 3 aromatic rings. The van der Waals surface area contributed by atoms with Crippen molar-refractivity contribution in [1.82, 2.24) is 9.78 Å². The number of carbonyl (C=O) groups excluding carboxylic acids is 1. The van der Waals surface area contributed by atoms with Gasteiger partial charge in [0.1, 0.15) is 11.5 Å². The van der Waals surface area contributed by atoms with Gasteiger partial charge >= 0.3 is 0 Å². The number of carbonyl (C=O) groups is 1. The van der Waals surface area contributed by atoms with Crippen molar-refractivity contribution in [2.45, 2.75) is 0 Å². The minimum atomic E-state index is -0.809. The van der Waals surface area contributed by atoms with E-state index in [0.717, 1.165) is 4.68 Å². The Balaban J connectivity index is 2.45. The molecule has 2 aromatic carbocycles. The lowest BCUT2D eigenvalue weighted by Gasteiger charge is -2.09. The predicted octanol–water partition coefficient (Wildman–Crippen LogP) is 2.90. The maximum atomic E-state index is 13.9.